The highest BCUT2D eigenvalue weighted by Crippen LogP contribution is 2.21. The van der Waals surface area contributed by atoms with Crippen LogP contribution in [0.25, 0.3) is 0 Å². The van der Waals surface area contributed by atoms with Crippen LogP contribution in [-0.4, -0.2) is 68.4 Å². The molecule has 0 saturated carbocycles. The maximum atomic E-state index is 11.1. The molecule has 2 heterocycles. The number of hydrogen-bond acceptors (Lipinski definition) is 9. The van der Waals surface area contributed by atoms with Gasteiger partial charge in [-0.05, 0) is 14.1 Å². The van der Waals surface area contributed by atoms with Gasteiger partial charge in [-0.25, -0.2) is 4.98 Å². The van der Waals surface area contributed by atoms with E-state index < -0.39 is 16.3 Å². The number of aliphatic hydroxyl groups is 1. The van der Waals surface area contributed by atoms with Crippen molar-refractivity contribution in [2.45, 2.75) is 12.6 Å². The summed E-state index contributed by atoms with van der Waals surface area (Å²) in [6.45, 7) is 0.775. The number of amidine groups is 2. The highest BCUT2D eigenvalue weighted by Gasteiger charge is 2.22. The molecule has 1 unspecified atom stereocenters. The molecule has 1 aliphatic rings. The highest BCUT2D eigenvalue weighted by molar-refractivity contribution is 7.89. The minimum Gasteiger partial charge on any atom is -0.467 e. The summed E-state index contributed by atoms with van der Waals surface area (Å²) in [4.78, 5) is 7.17. The first kappa shape index (κ1) is 17.6. The maximum absolute atomic E-state index is 11.1. The lowest BCUT2D eigenvalue weighted by Crippen LogP contribution is -2.40. The Labute approximate surface area is 137 Å². The third-order valence-electron chi connectivity index (χ3n) is 2.57. The molecule has 0 fully saturated rings. The number of aliphatic hydroxyl groups excluding tert-OH is 1. The molecule has 1 atom stereocenters. The fourth-order valence-electron chi connectivity index (χ4n) is 1.65. The van der Waals surface area contributed by atoms with Crippen LogP contribution in [0.4, 0.5) is 0 Å². The Morgan fingerprint density at radius 3 is 2.83 bits per heavy atom. The van der Waals surface area contributed by atoms with Gasteiger partial charge in [-0.3, -0.25) is 0 Å². The van der Waals surface area contributed by atoms with Crippen molar-refractivity contribution < 1.29 is 18.3 Å². The van der Waals surface area contributed by atoms with Crippen molar-refractivity contribution in [2.24, 2.45) is 14.5 Å². The highest BCUT2D eigenvalue weighted by atomic mass is 32.2. The molecule has 10 nitrogen and oxygen atoms in total. The zero-order valence-electron chi connectivity index (χ0n) is 12.6. The largest absolute Gasteiger partial charge is 0.467 e. The van der Waals surface area contributed by atoms with Crippen molar-refractivity contribution in [3.63, 3.8) is 0 Å². The van der Waals surface area contributed by atoms with E-state index in [2.05, 4.69) is 19.1 Å². The topological polar surface area (TPSA) is 142 Å². The molecule has 0 bridgehead atoms. The number of ether oxygens (including phenoxy) is 1. The van der Waals surface area contributed by atoms with E-state index in [1.807, 2.05) is 19.0 Å². The summed E-state index contributed by atoms with van der Waals surface area (Å²) in [5.41, 5.74) is 5.40. The lowest BCUT2D eigenvalue weighted by atomic mass is 10.3. The number of nitrogens with one attached hydrogen (secondary N) is 1. The summed E-state index contributed by atoms with van der Waals surface area (Å²) < 4.78 is 34.1. The van der Waals surface area contributed by atoms with Gasteiger partial charge in [-0.2, -0.15) is 8.42 Å². The van der Waals surface area contributed by atoms with Gasteiger partial charge in [-0.15, -0.1) is 8.80 Å². The van der Waals surface area contributed by atoms with Crippen molar-refractivity contribution in [3.8, 4) is 5.19 Å². The second kappa shape index (κ2) is 7.21. The molecule has 2 rings (SSSR count). The lowest BCUT2D eigenvalue weighted by molar-refractivity contribution is 0.110. The monoisotopic (exact) mass is 362 g/mol. The Hall–Kier alpha value is -1.76. The Balaban J connectivity index is 1.77. The molecule has 12 heteroatoms. The van der Waals surface area contributed by atoms with Crippen LogP contribution in [0.5, 0.6) is 5.19 Å². The van der Waals surface area contributed by atoms with Crippen LogP contribution in [0.1, 0.15) is 4.88 Å². The molecule has 1 aromatic rings. The Morgan fingerprint density at radius 1 is 1.48 bits per heavy atom. The summed E-state index contributed by atoms with van der Waals surface area (Å²) in [6, 6.07) is 0. The quantitative estimate of drug-likeness (QED) is 0.534. The molecular weight excluding hydrogens is 344 g/mol. The molecule has 23 heavy (non-hydrogen) atoms. The minimum absolute atomic E-state index is 0.000997. The van der Waals surface area contributed by atoms with E-state index in [4.69, 9.17) is 10.5 Å². The smallest absolute Gasteiger partial charge is 0.367 e. The molecule has 1 aromatic heterocycles. The van der Waals surface area contributed by atoms with Gasteiger partial charge in [0.25, 0.3) is 5.19 Å². The molecule has 0 amide bonds. The SMILES string of the molecule is CN(C)Cc1cnc(OCC(O)CNC2=NS(=O)(=O)N=C2N)s1. The average Bonchev–Trinajstić information content (AvgIpc) is 2.97. The Kier molecular flexibility index (Phi) is 5.51. The second-order valence-electron chi connectivity index (χ2n) is 5.04. The summed E-state index contributed by atoms with van der Waals surface area (Å²) in [6.07, 6.45) is 0.829. The first-order chi connectivity index (χ1) is 10.7. The molecule has 0 spiro atoms. The van der Waals surface area contributed by atoms with Gasteiger partial charge < -0.3 is 25.8 Å². The van der Waals surface area contributed by atoms with Crippen LogP contribution in [0, 0.1) is 0 Å². The summed E-state index contributed by atoms with van der Waals surface area (Å²) in [5.74, 6) is -0.307. The second-order valence-corrected chi connectivity index (χ2v) is 7.38. The van der Waals surface area contributed by atoms with Crippen LogP contribution in [0.3, 0.4) is 0 Å². The van der Waals surface area contributed by atoms with Gasteiger partial charge in [0, 0.05) is 24.2 Å². The van der Waals surface area contributed by atoms with E-state index in [-0.39, 0.29) is 24.8 Å². The van der Waals surface area contributed by atoms with Crippen LogP contribution >= 0.6 is 11.3 Å². The fraction of sp³-hybridized carbons (Fsp3) is 0.545. The molecular formula is C11H18N6O4S2. The molecule has 4 N–H and O–H groups in total. The standard InChI is InChI=1S/C11H18N6O4S2/c1-17(2)5-8-4-14-11(22-8)21-6-7(18)3-13-10-9(12)15-23(19,20)16-10/h4,7,18H,3,5-6H2,1-2H3,(H2,12,15)(H,13,16). The minimum atomic E-state index is -3.89. The van der Waals surface area contributed by atoms with E-state index in [1.165, 1.54) is 11.3 Å². The van der Waals surface area contributed by atoms with Crippen LogP contribution in [0.2, 0.25) is 0 Å². The number of thiazole rings is 1. The third kappa shape index (κ3) is 5.42. The first-order valence-electron chi connectivity index (χ1n) is 6.60. The molecule has 0 radical (unpaired) electrons. The van der Waals surface area contributed by atoms with Crippen molar-refractivity contribution in [2.75, 3.05) is 27.2 Å². The number of aromatic nitrogens is 1. The van der Waals surface area contributed by atoms with Crippen LogP contribution < -0.4 is 15.8 Å². The van der Waals surface area contributed by atoms with E-state index >= 15 is 0 Å². The fourth-order valence-corrected chi connectivity index (χ4v) is 3.30. The molecule has 0 saturated heterocycles. The normalized spacial score (nSPS) is 17.7. The van der Waals surface area contributed by atoms with Crippen molar-refractivity contribution >= 4 is 33.2 Å². The average molecular weight is 362 g/mol. The van der Waals surface area contributed by atoms with E-state index in [0.717, 1.165) is 11.4 Å². The van der Waals surface area contributed by atoms with Crippen LogP contribution in [0.15, 0.2) is 15.0 Å². The maximum Gasteiger partial charge on any atom is 0.367 e. The summed E-state index contributed by atoms with van der Waals surface area (Å²) in [7, 11) is 0.0181. The number of hydrogen-bond donors (Lipinski definition) is 3. The number of nitrogens with zero attached hydrogens (tertiary/aromatic N) is 4. The summed E-state index contributed by atoms with van der Waals surface area (Å²) in [5, 5.41) is 12.9. The van der Waals surface area contributed by atoms with Gasteiger partial charge >= 0.3 is 10.2 Å². The number of nitrogens with two attached hydrogens (primary N) is 1. The van der Waals surface area contributed by atoms with E-state index in [0.29, 0.717) is 5.19 Å². The molecule has 128 valence electrons. The Morgan fingerprint density at radius 2 is 2.22 bits per heavy atom. The van der Waals surface area contributed by atoms with E-state index in [1.54, 1.807) is 6.20 Å². The van der Waals surface area contributed by atoms with Gasteiger partial charge in [0.2, 0.25) is 0 Å². The van der Waals surface area contributed by atoms with Crippen LogP contribution in [-0.2, 0) is 16.8 Å². The lowest BCUT2D eigenvalue weighted by Gasteiger charge is -2.12. The third-order valence-corrected chi connectivity index (χ3v) is 4.31. The van der Waals surface area contributed by atoms with Gasteiger partial charge in [-0.1, -0.05) is 11.3 Å². The van der Waals surface area contributed by atoms with Gasteiger partial charge in [0.05, 0.1) is 0 Å². The van der Waals surface area contributed by atoms with Crippen molar-refractivity contribution in [1.29, 1.82) is 0 Å². The van der Waals surface area contributed by atoms with Crippen molar-refractivity contribution in [1.82, 2.24) is 15.2 Å². The number of rotatable bonds is 7. The zero-order chi connectivity index (χ0) is 17.0. The molecule has 1 aliphatic heterocycles. The molecule has 0 aromatic carbocycles. The summed E-state index contributed by atoms with van der Waals surface area (Å²) >= 11 is 1.40. The van der Waals surface area contributed by atoms with Crippen molar-refractivity contribution in [3.05, 3.63) is 11.1 Å². The van der Waals surface area contributed by atoms with Gasteiger partial charge in [0.1, 0.15) is 12.7 Å². The molecule has 0 aliphatic carbocycles. The predicted molar refractivity (Wildman–Crippen MR) is 87.0 cm³/mol. The first-order valence-corrected chi connectivity index (χ1v) is 8.81. The van der Waals surface area contributed by atoms with E-state index in [9.17, 15) is 13.5 Å². The Bertz CT molecular complexity index is 712. The predicted octanol–water partition coefficient (Wildman–Crippen LogP) is -1.45. The van der Waals surface area contributed by atoms with Gasteiger partial charge in [0.15, 0.2) is 11.7 Å². The zero-order valence-corrected chi connectivity index (χ0v) is 14.3.